The fourth-order valence-electron chi connectivity index (χ4n) is 1.81. The lowest BCUT2D eigenvalue weighted by Crippen LogP contribution is -2.14. The molecule has 1 N–H and O–H groups in total. The zero-order chi connectivity index (χ0) is 11.6. The van der Waals surface area contributed by atoms with E-state index < -0.39 is 0 Å². The van der Waals surface area contributed by atoms with E-state index in [0.29, 0.717) is 11.8 Å². The van der Waals surface area contributed by atoms with Crippen LogP contribution in [0.4, 0.5) is 0 Å². The van der Waals surface area contributed by atoms with Gasteiger partial charge in [0.25, 0.3) is 0 Å². The number of hydrogen-bond acceptors (Lipinski definition) is 2. The molecule has 0 bridgehead atoms. The van der Waals surface area contributed by atoms with E-state index >= 15 is 0 Å². The number of aromatic hydroxyl groups is 1. The Labute approximate surface area is 90.9 Å². The molecule has 0 atom stereocenters. The van der Waals surface area contributed by atoms with Crippen molar-refractivity contribution in [2.24, 2.45) is 0 Å². The van der Waals surface area contributed by atoms with Crippen LogP contribution >= 0.6 is 0 Å². The van der Waals surface area contributed by atoms with Crippen LogP contribution in [-0.4, -0.2) is 11.4 Å². The van der Waals surface area contributed by atoms with E-state index in [9.17, 15) is 9.90 Å². The summed E-state index contributed by atoms with van der Waals surface area (Å²) in [4.78, 5) is 10.7. The average Bonchev–Trinajstić information content (AvgIpc) is 2.15. The minimum Gasteiger partial charge on any atom is -0.507 e. The maximum absolute atomic E-state index is 10.7. The molecule has 0 aliphatic carbocycles. The first kappa shape index (κ1) is 11.8. The summed E-state index contributed by atoms with van der Waals surface area (Å²) >= 11 is 0. The van der Waals surface area contributed by atoms with Gasteiger partial charge in [0.05, 0.1) is 5.56 Å². The molecule has 0 aliphatic rings. The van der Waals surface area contributed by atoms with Gasteiger partial charge in [-0.2, -0.15) is 0 Å². The van der Waals surface area contributed by atoms with Crippen molar-refractivity contribution < 1.29 is 9.90 Å². The van der Waals surface area contributed by atoms with Crippen molar-refractivity contribution in [1.29, 1.82) is 0 Å². The highest BCUT2D eigenvalue weighted by Crippen LogP contribution is 2.33. The molecule has 1 aromatic carbocycles. The SMILES string of the molecule is CCc1c(C(C)(C)C)ccc(C=O)c1O. The molecule has 1 aromatic rings. The highest BCUT2D eigenvalue weighted by Gasteiger charge is 2.20. The lowest BCUT2D eigenvalue weighted by atomic mass is 9.82. The second kappa shape index (κ2) is 4.05. The Kier molecular flexibility index (Phi) is 3.18. The van der Waals surface area contributed by atoms with E-state index in [1.54, 1.807) is 6.07 Å². The minimum absolute atomic E-state index is 0.00968. The number of carbonyl (C=O) groups is 1. The highest BCUT2D eigenvalue weighted by atomic mass is 16.3. The maximum Gasteiger partial charge on any atom is 0.153 e. The third kappa shape index (κ3) is 2.20. The fourth-order valence-corrected chi connectivity index (χ4v) is 1.81. The molecule has 0 aliphatic heterocycles. The molecule has 0 saturated carbocycles. The van der Waals surface area contributed by atoms with Crippen molar-refractivity contribution in [2.75, 3.05) is 0 Å². The van der Waals surface area contributed by atoms with Gasteiger partial charge in [0.1, 0.15) is 5.75 Å². The van der Waals surface area contributed by atoms with E-state index in [0.717, 1.165) is 17.5 Å². The van der Waals surface area contributed by atoms with Crippen LogP contribution in [0.1, 0.15) is 49.2 Å². The highest BCUT2D eigenvalue weighted by molar-refractivity contribution is 5.80. The maximum atomic E-state index is 10.7. The number of rotatable bonds is 2. The summed E-state index contributed by atoms with van der Waals surface area (Å²) in [5.74, 6) is 0.139. The topological polar surface area (TPSA) is 37.3 Å². The van der Waals surface area contributed by atoms with Crippen LogP contribution in [0.3, 0.4) is 0 Å². The summed E-state index contributed by atoms with van der Waals surface area (Å²) < 4.78 is 0. The van der Waals surface area contributed by atoms with Gasteiger partial charge >= 0.3 is 0 Å². The largest absolute Gasteiger partial charge is 0.507 e. The Balaban J connectivity index is 3.44. The molecule has 1 rings (SSSR count). The second-order valence-electron chi connectivity index (χ2n) is 4.75. The minimum atomic E-state index is -0.00968. The summed E-state index contributed by atoms with van der Waals surface area (Å²) in [5.41, 5.74) is 2.35. The molecule has 82 valence electrons. The Hall–Kier alpha value is -1.31. The Morgan fingerprint density at radius 1 is 1.33 bits per heavy atom. The number of benzene rings is 1. The summed E-state index contributed by atoms with van der Waals surface area (Å²) in [6, 6.07) is 3.62. The molecule has 0 heterocycles. The molecule has 0 saturated heterocycles. The molecular weight excluding hydrogens is 188 g/mol. The van der Waals surface area contributed by atoms with Gasteiger partial charge in [0.2, 0.25) is 0 Å². The van der Waals surface area contributed by atoms with Crippen molar-refractivity contribution in [1.82, 2.24) is 0 Å². The molecule has 0 spiro atoms. The van der Waals surface area contributed by atoms with E-state index in [1.165, 1.54) is 0 Å². The van der Waals surface area contributed by atoms with Gasteiger partial charge < -0.3 is 5.11 Å². The summed E-state index contributed by atoms with van der Waals surface area (Å²) in [6.45, 7) is 8.28. The number of aldehydes is 1. The van der Waals surface area contributed by atoms with Crippen molar-refractivity contribution in [3.8, 4) is 5.75 Å². The first-order valence-electron chi connectivity index (χ1n) is 5.22. The lowest BCUT2D eigenvalue weighted by Gasteiger charge is -2.23. The van der Waals surface area contributed by atoms with Gasteiger partial charge in [0, 0.05) is 0 Å². The van der Waals surface area contributed by atoms with Crippen molar-refractivity contribution >= 4 is 6.29 Å². The van der Waals surface area contributed by atoms with Crippen LogP contribution in [0.5, 0.6) is 5.75 Å². The molecule has 2 nitrogen and oxygen atoms in total. The molecule has 2 heteroatoms. The number of carbonyl (C=O) groups excluding carboxylic acids is 1. The first-order valence-corrected chi connectivity index (χ1v) is 5.22. The Morgan fingerprint density at radius 3 is 2.33 bits per heavy atom. The molecule has 0 amide bonds. The van der Waals surface area contributed by atoms with Crippen molar-refractivity contribution in [2.45, 2.75) is 39.5 Å². The van der Waals surface area contributed by atoms with Gasteiger partial charge in [-0.15, -0.1) is 0 Å². The van der Waals surface area contributed by atoms with Gasteiger partial charge in [-0.05, 0) is 29.0 Å². The molecule has 0 unspecified atom stereocenters. The fraction of sp³-hybridized carbons (Fsp3) is 0.462. The smallest absolute Gasteiger partial charge is 0.153 e. The average molecular weight is 206 g/mol. The van der Waals surface area contributed by atoms with Crippen molar-refractivity contribution in [3.63, 3.8) is 0 Å². The van der Waals surface area contributed by atoms with E-state index in [4.69, 9.17) is 0 Å². The van der Waals surface area contributed by atoms with Gasteiger partial charge in [0.15, 0.2) is 6.29 Å². The zero-order valence-corrected chi connectivity index (χ0v) is 9.79. The third-order valence-corrected chi connectivity index (χ3v) is 2.60. The third-order valence-electron chi connectivity index (χ3n) is 2.60. The van der Waals surface area contributed by atoms with Crippen LogP contribution < -0.4 is 0 Å². The zero-order valence-electron chi connectivity index (χ0n) is 9.79. The van der Waals surface area contributed by atoms with Gasteiger partial charge in [-0.25, -0.2) is 0 Å². The molecule has 0 fully saturated rings. The number of phenols is 1. The van der Waals surface area contributed by atoms with Crippen LogP contribution in [0.15, 0.2) is 12.1 Å². The summed E-state index contributed by atoms with van der Waals surface area (Å²) in [5, 5.41) is 9.90. The van der Waals surface area contributed by atoms with Gasteiger partial charge in [-0.3, -0.25) is 4.79 Å². The summed E-state index contributed by atoms with van der Waals surface area (Å²) in [7, 11) is 0. The molecule has 0 aromatic heterocycles. The van der Waals surface area contributed by atoms with Crippen molar-refractivity contribution in [3.05, 3.63) is 28.8 Å². The first-order chi connectivity index (χ1) is 6.91. The van der Waals surface area contributed by atoms with E-state index in [1.807, 2.05) is 13.0 Å². The van der Waals surface area contributed by atoms with E-state index in [-0.39, 0.29) is 11.2 Å². The lowest BCUT2D eigenvalue weighted by molar-refractivity contribution is 0.112. The Morgan fingerprint density at radius 2 is 1.93 bits per heavy atom. The quantitative estimate of drug-likeness (QED) is 0.755. The monoisotopic (exact) mass is 206 g/mol. The van der Waals surface area contributed by atoms with Crippen LogP contribution in [0, 0.1) is 0 Å². The Bertz CT molecular complexity index is 373. The molecular formula is C13H18O2. The molecule has 15 heavy (non-hydrogen) atoms. The van der Waals surface area contributed by atoms with Crippen LogP contribution in [0.2, 0.25) is 0 Å². The van der Waals surface area contributed by atoms with Crippen LogP contribution in [-0.2, 0) is 11.8 Å². The normalized spacial score (nSPS) is 11.5. The second-order valence-corrected chi connectivity index (χ2v) is 4.75. The summed E-state index contributed by atoms with van der Waals surface area (Å²) in [6.07, 6.45) is 1.43. The van der Waals surface area contributed by atoms with Gasteiger partial charge in [-0.1, -0.05) is 33.8 Å². The number of phenolic OH excluding ortho intramolecular Hbond substituents is 1. The van der Waals surface area contributed by atoms with E-state index in [2.05, 4.69) is 20.8 Å². The number of hydrogen-bond donors (Lipinski definition) is 1. The predicted octanol–water partition coefficient (Wildman–Crippen LogP) is 3.06. The van der Waals surface area contributed by atoms with Crippen LogP contribution in [0.25, 0.3) is 0 Å². The predicted molar refractivity (Wildman–Crippen MR) is 61.6 cm³/mol. The molecule has 0 radical (unpaired) electrons. The standard InChI is InChI=1S/C13H18O2/c1-5-10-11(13(2,3)4)7-6-9(8-14)12(10)15/h6-8,15H,5H2,1-4H3.